The second-order valence-corrected chi connectivity index (χ2v) is 5.66. The van der Waals surface area contributed by atoms with Gasteiger partial charge in [0.15, 0.2) is 0 Å². The van der Waals surface area contributed by atoms with Crippen LogP contribution in [0.1, 0.15) is 39.2 Å². The maximum absolute atomic E-state index is 12.8. The van der Waals surface area contributed by atoms with Crippen molar-refractivity contribution < 1.29 is 9.50 Å². The van der Waals surface area contributed by atoms with Gasteiger partial charge in [-0.3, -0.25) is 0 Å². The topological polar surface area (TPSA) is 32.3 Å². The number of rotatable bonds is 8. The quantitative estimate of drug-likeness (QED) is 0.758. The summed E-state index contributed by atoms with van der Waals surface area (Å²) in [6.07, 6.45) is 2.59. The molecule has 0 bridgehead atoms. The van der Waals surface area contributed by atoms with Crippen molar-refractivity contribution in [2.24, 2.45) is 5.92 Å². The van der Waals surface area contributed by atoms with E-state index in [1.807, 2.05) is 19.1 Å². The first kappa shape index (κ1) is 16.1. The number of benzene rings is 1. The van der Waals surface area contributed by atoms with Crippen LogP contribution in [0.2, 0.25) is 0 Å². The molecule has 0 aliphatic rings. The van der Waals surface area contributed by atoms with Crippen molar-refractivity contribution in [3.63, 3.8) is 0 Å². The Morgan fingerprint density at radius 2 is 1.79 bits per heavy atom. The van der Waals surface area contributed by atoms with Crippen molar-refractivity contribution in [2.45, 2.75) is 52.2 Å². The van der Waals surface area contributed by atoms with Gasteiger partial charge in [-0.2, -0.15) is 0 Å². The minimum atomic E-state index is -0.230. The third kappa shape index (κ3) is 7.28. The summed E-state index contributed by atoms with van der Waals surface area (Å²) in [5, 5.41) is 12.8. The van der Waals surface area contributed by atoms with Crippen LogP contribution < -0.4 is 5.32 Å². The molecule has 1 aromatic rings. The van der Waals surface area contributed by atoms with E-state index < -0.39 is 0 Å². The van der Waals surface area contributed by atoms with Gasteiger partial charge in [-0.15, -0.1) is 0 Å². The Bertz CT molecular complexity index is 350. The second-order valence-electron chi connectivity index (χ2n) is 5.66. The van der Waals surface area contributed by atoms with E-state index in [0.717, 1.165) is 25.8 Å². The molecule has 2 N–H and O–H groups in total. The molecule has 0 saturated carbocycles. The first-order valence-electron chi connectivity index (χ1n) is 7.13. The zero-order valence-corrected chi connectivity index (χ0v) is 12.2. The Balaban J connectivity index is 2.20. The minimum Gasteiger partial charge on any atom is -0.393 e. The molecule has 0 aliphatic carbocycles. The fourth-order valence-corrected chi connectivity index (χ4v) is 2.20. The fraction of sp³-hybridized carbons (Fsp3) is 0.625. The molecule has 0 radical (unpaired) electrons. The molecule has 0 heterocycles. The van der Waals surface area contributed by atoms with E-state index in [0.29, 0.717) is 12.0 Å². The van der Waals surface area contributed by atoms with Gasteiger partial charge in [0.05, 0.1) is 6.10 Å². The third-order valence-corrected chi connectivity index (χ3v) is 3.34. The van der Waals surface area contributed by atoms with Crippen LogP contribution >= 0.6 is 0 Å². The number of aryl methyl sites for hydroxylation is 1. The number of aliphatic hydroxyl groups is 1. The molecular weight excluding hydrogens is 241 g/mol. The van der Waals surface area contributed by atoms with Crippen LogP contribution in [0.25, 0.3) is 0 Å². The molecule has 1 rings (SSSR count). The Morgan fingerprint density at radius 1 is 1.16 bits per heavy atom. The molecule has 0 saturated heterocycles. The van der Waals surface area contributed by atoms with Crippen LogP contribution in [0.3, 0.4) is 0 Å². The number of hydrogen-bond donors (Lipinski definition) is 2. The highest BCUT2D eigenvalue weighted by Crippen LogP contribution is 2.08. The summed E-state index contributed by atoms with van der Waals surface area (Å²) in [6.45, 7) is 7.06. The summed E-state index contributed by atoms with van der Waals surface area (Å²) in [7, 11) is 0. The average molecular weight is 267 g/mol. The summed E-state index contributed by atoms with van der Waals surface area (Å²) >= 11 is 0. The molecule has 3 unspecified atom stereocenters. The monoisotopic (exact) mass is 267 g/mol. The van der Waals surface area contributed by atoms with E-state index in [-0.39, 0.29) is 11.9 Å². The Kier molecular flexibility index (Phi) is 7.03. The van der Waals surface area contributed by atoms with E-state index in [2.05, 4.69) is 19.2 Å². The van der Waals surface area contributed by atoms with Gasteiger partial charge in [-0.25, -0.2) is 4.39 Å². The molecule has 2 nitrogen and oxygen atoms in total. The van der Waals surface area contributed by atoms with Gasteiger partial charge >= 0.3 is 0 Å². The van der Waals surface area contributed by atoms with Crippen molar-refractivity contribution in [3.8, 4) is 0 Å². The minimum absolute atomic E-state index is 0.179. The lowest BCUT2D eigenvalue weighted by molar-refractivity contribution is 0.162. The molecule has 0 amide bonds. The van der Waals surface area contributed by atoms with E-state index in [1.165, 1.54) is 17.7 Å². The number of halogens is 1. The van der Waals surface area contributed by atoms with E-state index in [9.17, 15) is 9.50 Å². The summed E-state index contributed by atoms with van der Waals surface area (Å²) in [6, 6.07) is 7.15. The largest absolute Gasteiger partial charge is 0.393 e. The van der Waals surface area contributed by atoms with Gasteiger partial charge in [0.2, 0.25) is 0 Å². The lowest BCUT2D eigenvalue weighted by Gasteiger charge is -2.18. The van der Waals surface area contributed by atoms with Crippen LogP contribution in [-0.4, -0.2) is 23.8 Å². The lowest BCUT2D eigenvalue weighted by atomic mass is 10.0. The molecule has 0 spiro atoms. The third-order valence-electron chi connectivity index (χ3n) is 3.34. The fourth-order valence-electron chi connectivity index (χ4n) is 2.20. The van der Waals surface area contributed by atoms with E-state index in [4.69, 9.17) is 0 Å². The Labute approximate surface area is 116 Å². The SMILES string of the molecule is CC(O)CC(C)CNC(C)CCc1ccc(F)cc1. The van der Waals surface area contributed by atoms with Gasteiger partial charge in [-0.05, 0) is 63.3 Å². The summed E-state index contributed by atoms with van der Waals surface area (Å²) < 4.78 is 12.8. The number of aliphatic hydroxyl groups excluding tert-OH is 1. The van der Waals surface area contributed by atoms with Crippen molar-refractivity contribution in [2.75, 3.05) is 6.54 Å². The Hall–Kier alpha value is -0.930. The highest BCUT2D eigenvalue weighted by molar-refractivity contribution is 5.16. The molecule has 19 heavy (non-hydrogen) atoms. The van der Waals surface area contributed by atoms with E-state index >= 15 is 0 Å². The maximum atomic E-state index is 12.8. The molecule has 1 aromatic carbocycles. The first-order chi connectivity index (χ1) is 8.97. The predicted octanol–water partition coefficient (Wildman–Crippen LogP) is 3.14. The van der Waals surface area contributed by atoms with Crippen LogP contribution in [0.5, 0.6) is 0 Å². The Morgan fingerprint density at radius 3 is 2.37 bits per heavy atom. The highest BCUT2D eigenvalue weighted by Gasteiger charge is 2.08. The number of hydrogen-bond acceptors (Lipinski definition) is 2. The zero-order valence-electron chi connectivity index (χ0n) is 12.2. The maximum Gasteiger partial charge on any atom is 0.123 e. The first-order valence-corrected chi connectivity index (χ1v) is 7.13. The van der Waals surface area contributed by atoms with Crippen molar-refractivity contribution in [3.05, 3.63) is 35.6 Å². The van der Waals surface area contributed by atoms with Crippen molar-refractivity contribution >= 4 is 0 Å². The second kappa shape index (κ2) is 8.28. The lowest BCUT2D eigenvalue weighted by Crippen LogP contribution is -2.31. The highest BCUT2D eigenvalue weighted by atomic mass is 19.1. The van der Waals surface area contributed by atoms with Crippen molar-refractivity contribution in [1.82, 2.24) is 5.32 Å². The van der Waals surface area contributed by atoms with E-state index in [1.54, 1.807) is 0 Å². The molecule has 3 heteroatoms. The smallest absolute Gasteiger partial charge is 0.123 e. The normalized spacial score (nSPS) is 16.1. The molecule has 0 aromatic heterocycles. The van der Waals surface area contributed by atoms with Gasteiger partial charge in [0.1, 0.15) is 5.82 Å². The predicted molar refractivity (Wildman–Crippen MR) is 77.6 cm³/mol. The molecule has 3 atom stereocenters. The summed E-state index contributed by atoms with van der Waals surface area (Å²) in [4.78, 5) is 0. The molecule has 0 aliphatic heterocycles. The molecule has 108 valence electrons. The van der Waals surface area contributed by atoms with Crippen LogP contribution in [0.4, 0.5) is 4.39 Å². The van der Waals surface area contributed by atoms with Gasteiger partial charge in [0.25, 0.3) is 0 Å². The summed E-state index contributed by atoms with van der Waals surface area (Å²) in [5.74, 6) is 0.301. The van der Waals surface area contributed by atoms with Crippen LogP contribution in [0, 0.1) is 11.7 Å². The average Bonchev–Trinajstić information content (AvgIpc) is 2.35. The number of nitrogens with one attached hydrogen (secondary N) is 1. The van der Waals surface area contributed by atoms with Crippen LogP contribution in [0.15, 0.2) is 24.3 Å². The van der Waals surface area contributed by atoms with Crippen molar-refractivity contribution in [1.29, 1.82) is 0 Å². The standard InChI is InChI=1S/C16H26FNO/c1-12(10-14(3)19)11-18-13(2)4-5-15-6-8-16(17)9-7-15/h6-9,12-14,18-19H,4-5,10-11H2,1-3H3. The van der Waals surface area contributed by atoms with Gasteiger partial charge < -0.3 is 10.4 Å². The zero-order chi connectivity index (χ0) is 14.3. The van der Waals surface area contributed by atoms with Gasteiger partial charge in [0, 0.05) is 6.04 Å². The van der Waals surface area contributed by atoms with Crippen LogP contribution in [-0.2, 0) is 6.42 Å². The summed E-state index contributed by atoms with van der Waals surface area (Å²) in [5.41, 5.74) is 1.17. The molecular formula is C16H26FNO. The van der Waals surface area contributed by atoms with Gasteiger partial charge in [-0.1, -0.05) is 19.1 Å². The molecule has 0 fully saturated rings.